The maximum atomic E-state index is 6.30. The van der Waals surface area contributed by atoms with Gasteiger partial charge in [-0.15, -0.1) is 0 Å². The largest absolute Gasteiger partial charge is 0.494 e. The minimum atomic E-state index is 0.332. The molecule has 1 aromatic carbocycles. The molecule has 5 rings (SSSR count). The average molecular weight is 587 g/mol. The SMILES string of the molecule is NCCCCOc1cc(CC(Cc2ccccn2)Cc2ccccn2)cc(CN(Cc2ccccn2)Cc2ccccn2)c1. The molecule has 7 nitrogen and oxygen atoms in total. The van der Waals surface area contributed by atoms with Gasteiger partial charge in [-0.1, -0.05) is 30.3 Å². The third-order valence-corrected chi connectivity index (χ3v) is 7.50. The lowest BCUT2D eigenvalue weighted by atomic mass is 9.89. The van der Waals surface area contributed by atoms with Gasteiger partial charge in [0.05, 0.1) is 18.0 Å². The van der Waals surface area contributed by atoms with Gasteiger partial charge < -0.3 is 10.5 Å². The van der Waals surface area contributed by atoms with Crippen molar-refractivity contribution in [2.24, 2.45) is 11.7 Å². The summed E-state index contributed by atoms with van der Waals surface area (Å²) in [5, 5.41) is 0. The van der Waals surface area contributed by atoms with E-state index in [0.717, 1.165) is 80.3 Å². The summed E-state index contributed by atoms with van der Waals surface area (Å²) in [7, 11) is 0. The van der Waals surface area contributed by atoms with Gasteiger partial charge in [-0.05, 0) is 116 Å². The Morgan fingerprint density at radius 2 is 1.09 bits per heavy atom. The van der Waals surface area contributed by atoms with Crippen molar-refractivity contribution in [3.8, 4) is 5.75 Å². The first-order valence-electron chi connectivity index (χ1n) is 15.5. The summed E-state index contributed by atoms with van der Waals surface area (Å²) in [4.78, 5) is 20.9. The molecule has 0 aliphatic heterocycles. The summed E-state index contributed by atoms with van der Waals surface area (Å²) < 4.78 is 6.30. The van der Waals surface area contributed by atoms with Crippen LogP contribution < -0.4 is 10.5 Å². The van der Waals surface area contributed by atoms with Crippen LogP contribution in [0.3, 0.4) is 0 Å². The maximum Gasteiger partial charge on any atom is 0.119 e. The highest BCUT2D eigenvalue weighted by Crippen LogP contribution is 2.25. The van der Waals surface area contributed by atoms with Crippen molar-refractivity contribution < 1.29 is 4.74 Å². The van der Waals surface area contributed by atoms with Gasteiger partial charge in [-0.25, -0.2) is 0 Å². The van der Waals surface area contributed by atoms with Gasteiger partial charge in [0.2, 0.25) is 0 Å². The van der Waals surface area contributed by atoms with Gasteiger partial charge in [0.15, 0.2) is 0 Å². The van der Waals surface area contributed by atoms with Crippen LogP contribution in [0.25, 0.3) is 0 Å². The quantitative estimate of drug-likeness (QED) is 0.129. The van der Waals surface area contributed by atoms with Crippen LogP contribution in [0.1, 0.15) is 46.7 Å². The zero-order valence-corrected chi connectivity index (χ0v) is 25.3. The zero-order chi connectivity index (χ0) is 30.2. The summed E-state index contributed by atoms with van der Waals surface area (Å²) in [6.07, 6.45) is 12.0. The number of rotatable bonds is 17. The molecular weight excluding hydrogens is 544 g/mol. The van der Waals surface area contributed by atoms with Crippen molar-refractivity contribution in [3.05, 3.63) is 150 Å². The van der Waals surface area contributed by atoms with E-state index in [1.165, 1.54) is 11.1 Å². The molecule has 0 saturated carbocycles. The average Bonchev–Trinajstić information content (AvgIpc) is 3.05. The van der Waals surface area contributed by atoms with Gasteiger partial charge in [0.25, 0.3) is 0 Å². The number of ether oxygens (including phenoxy) is 1. The van der Waals surface area contributed by atoms with E-state index in [9.17, 15) is 0 Å². The van der Waals surface area contributed by atoms with E-state index in [-0.39, 0.29) is 0 Å². The van der Waals surface area contributed by atoms with Gasteiger partial charge in [-0.2, -0.15) is 0 Å². The maximum absolute atomic E-state index is 6.30. The number of benzene rings is 1. The summed E-state index contributed by atoms with van der Waals surface area (Å²) >= 11 is 0. The molecule has 44 heavy (non-hydrogen) atoms. The van der Waals surface area contributed by atoms with Crippen LogP contribution in [-0.4, -0.2) is 38.0 Å². The number of nitrogens with zero attached hydrogens (tertiary/aromatic N) is 5. The Morgan fingerprint density at radius 1 is 0.568 bits per heavy atom. The molecule has 0 bridgehead atoms. The molecule has 4 heterocycles. The minimum absolute atomic E-state index is 0.332. The highest BCUT2D eigenvalue weighted by atomic mass is 16.5. The van der Waals surface area contributed by atoms with E-state index < -0.39 is 0 Å². The first-order valence-corrected chi connectivity index (χ1v) is 15.5. The number of unbranched alkanes of at least 4 members (excludes halogenated alkanes) is 1. The molecule has 0 aliphatic carbocycles. The monoisotopic (exact) mass is 586 g/mol. The molecule has 4 aromatic heterocycles. The Labute approximate surface area is 261 Å². The fourth-order valence-electron chi connectivity index (χ4n) is 5.50. The summed E-state index contributed by atoms with van der Waals surface area (Å²) in [6.45, 7) is 3.50. The van der Waals surface area contributed by atoms with Gasteiger partial charge >= 0.3 is 0 Å². The van der Waals surface area contributed by atoms with Gasteiger partial charge in [0.1, 0.15) is 5.75 Å². The van der Waals surface area contributed by atoms with Crippen LogP contribution in [0, 0.1) is 5.92 Å². The van der Waals surface area contributed by atoms with E-state index in [2.05, 4.69) is 79.4 Å². The number of hydrogen-bond donors (Lipinski definition) is 1. The highest BCUT2D eigenvalue weighted by Gasteiger charge is 2.17. The fourth-order valence-corrected chi connectivity index (χ4v) is 5.50. The fraction of sp³-hybridized carbons (Fsp3) is 0.297. The van der Waals surface area contributed by atoms with Crippen molar-refractivity contribution in [2.75, 3.05) is 13.2 Å². The van der Waals surface area contributed by atoms with E-state index in [0.29, 0.717) is 19.1 Å². The van der Waals surface area contributed by atoms with E-state index >= 15 is 0 Å². The number of aromatic nitrogens is 4. The van der Waals surface area contributed by atoms with Crippen LogP contribution >= 0.6 is 0 Å². The van der Waals surface area contributed by atoms with Crippen LogP contribution in [0.2, 0.25) is 0 Å². The Hall–Kier alpha value is -4.46. The Morgan fingerprint density at radius 3 is 1.59 bits per heavy atom. The minimum Gasteiger partial charge on any atom is -0.494 e. The first kappa shape index (κ1) is 31.0. The van der Waals surface area contributed by atoms with Crippen molar-refractivity contribution in [1.29, 1.82) is 0 Å². The second kappa shape index (κ2) is 17.0. The molecule has 2 N–H and O–H groups in total. The van der Waals surface area contributed by atoms with Crippen molar-refractivity contribution in [2.45, 2.75) is 51.7 Å². The predicted octanol–water partition coefficient (Wildman–Crippen LogP) is 6.23. The van der Waals surface area contributed by atoms with E-state index in [1.807, 2.05) is 61.2 Å². The molecule has 0 aliphatic rings. The second-order valence-electron chi connectivity index (χ2n) is 11.2. The third kappa shape index (κ3) is 10.4. The summed E-state index contributed by atoms with van der Waals surface area (Å²) in [5.41, 5.74) is 12.5. The molecule has 0 amide bonds. The lowest BCUT2D eigenvalue weighted by Crippen LogP contribution is -2.23. The second-order valence-corrected chi connectivity index (χ2v) is 11.2. The molecule has 0 atom stereocenters. The number of hydrogen-bond acceptors (Lipinski definition) is 7. The Kier molecular flexibility index (Phi) is 12.0. The van der Waals surface area contributed by atoms with Crippen molar-refractivity contribution in [1.82, 2.24) is 24.8 Å². The van der Waals surface area contributed by atoms with Gasteiger partial charge in [0, 0.05) is 55.8 Å². The van der Waals surface area contributed by atoms with Crippen LogP contribution in [0.15, 0.2) is 116 Å². The van der Waals surface area contributed by atoms with E-state index in [4.69, 9.17) is 10.5 Å². The van der Waals surface area contributed by atoms with Crippen molar-refractivity contribution >= 4 is 0 Å². The highest BCUT2D eigenvalue weighted by molar-refractivity contribution is 5.35. The Balaban J connectivity index is 1.41. The molecule has 7 heteroatoms. The molecule has 226 valence electrons. The molecule has 0 fully saturated rings. The lowest BCUT2D eigenvalue weighted by Gasteiger charge is -2.23. The zero-order valence-electron chi connectivity index (χ0n) is 25.3. The van der Waals surface area contributed by atoms with Crippen LogP contribution in [-0.2, 0) is 38.9 Å². The lowest BCUT2D eigenvalue weighted by molar-refractivity contribution is 0.241. The third-order valence-electron chi connectivity index (χ3n) is 7.50. The molecule has 0 spiro atoms. The molecule has 0 saturated heterocycles. The summed E-state index contributed by atoms with van der Waals surface area (Å²) in [5.74, 6) is 1.23. The molecule has 0 radical (unpaired) electrons. The predicted molar refractivity (Wildman–Crippen MR) is 175 cm³/mol. The van der Waals surface area contributed by atoms with Gasteiger partial charge in [-0.3, -0.25) is 24.8 Å². The topological polar surface area (TPSA) is 90.0 Å². The van der Waals surface area contributed by atoms with Crippen molar-refractivity contribution in [3.63, 3.8) is 0 Å². The summed E-state index contributed by atoms with van der Waals surface area (Å²) in [6, 6.07) is 31.2. The standard InChI is InChI=1S/C37H42N6O/c38-15-5-10-20-44-37-25-30(21-31(23-33-11-1-6-16-39-33)24-34-12-2-7-17-40-34)22-32(26-37)27-43(28-35-13-3-8-18-41-35)29-36-14-4-9-19-42-36/h1-4,6-9,11-14,16-19,22,25-26,31H,5,10,15,20-21,23-24,27-29,38H2. The number of pyridine rings is 4. The smallest absolute Gasteiger partial charge is 0.119 e. The molecule has 0 unspecified atom stereocenters. The van der Waals surface area contributed by atoms with Crippen LogP contribution in [0.4, 0.5) is 0 Å². The molecular formula is C37H42N6O. The normalized spacial score (nSPS) is 11.2. The van der Waals surface area contributed by atoms with Crippen LogP contribution in [0.5, 0.6) is 5.75 Å². The number of nitrogens with two attached hydrogens (primary N) is 1. The van der Waals surface area contributed by atoms with E-state index in [1.54, 1.807) is 0 Å². The Bertz CT molecular complexity index is 1310. The molecule has 5 aromatic rings. The first-order chi connectivity index (χ1) is 21.7.